The van der Waals surface area contributed by atoms with E-state index in [1.807, 2.05) is 22.9 Å². The average Bonchev–Trinajstić information content (AvgIpc) is 3.16. The zero-order chi connectivity index (χ0) is 13.2. The molecule has 2 heterocycles. The molecule has 0 aromatic carbocycles. The van der Waals surface area contributed by atoms with Crippen LogP contribution in [0.5, 0.6) is 0 Å². The highest BCUT2D eigenvalue weighted by molar-refractivity contribution is 5.81. The van der Waals surface area contributed by atoms with Crippen molar-refractivity contribution in [3.8, 4) is 0 Å². The largest absolute Gasteiger partial charge is 0.353 e. The molecule has 0 spiro atoms. The monoisotopic (exact) mass is 258 g/mol. The Morgan fingerprint density at radius 3 is 3.11 bits per heavy atom. The molecule has 1 saturated carbocycles. The van der Waals surface area contributed by atoms with Crippen LogP contribution in [0.25, 0.3) is 11.0 Å². The van der Waals surface area contributed by atoms with E-state index >= 15 is 0 Å². The van der Waals surface area contributed by atoms with Crippen LogP contribution in [0.3, 0.4) is 0 Å². The van der Waals surface area contributed by atoms with Gasteiger partial charge in [-0.15, -0.1) is 0 Å². The summed E-state index contributed by atoms with van der Waals surface area (Å²) in [6.45, 7) is 1.13. The summed E-state index contributed by atoms with van der Waals surface area (Å²) >= 11 is 0. The highest BCUT2D eigenvalue weighted by atomic mass is 16.1. The van der Waals surface area contributed by atoms with E-state index < -0.39 is 0 Å². The molecule has 2 aromatic rings. The molecular formula is C14H18N4O. The molecule has 1 aliphatic carbocycles. The highest BCUT2D eigenvalue weighted by Crippen LogP contribution is 2.20. The molecule has 0 radical (unpaired) electrons. The number of aromatic nitrogens is 2. The van der Waals surface area contributed by atoms with Gasteiger partial charge in [-0.1, -0.05) is 0 Å². The number of nitrogens with two attached hydrogens (primary N) is 1. The number of carbonyl (C=O) groups excluding carboxylic acids is 1. The van der Waals surface area contributed by atoms with Crippen LogP contribution in [0.4, 0.5) is 0 Å². The van der Waals surface area contributed by atoms with Crippen molar-refractivity contribution in [2.45, 2.75) is 38.4 Å². The van der Waals surface area contributed by atoms with E-state index in [1.54, 1.807) is 6.20 Å². The standard InChI is InChI=1S/C14H18N4O/c15-8-10-9-18(14-12(10)2-1-6-16-14)7-5-13(19)17-11-3-4-11/h1-2,6,9,11H,3-5,7-8,15H2,(H,17,19). The summed E-state index contributed by atoms with van der Waals surface area (Å²) in [6.07, 6.45) is 6.50. The summed E-state index contributed by atoms with van der Waals surface area (Å²) in [4.78, 5) is 16.1. The van der Waals surface area contributed by atoms with E-state index in [0.29, 0.717) is 25.6 Å². The predicted molar refractivity (Wildman–Crippen MR) is 73.4 cm³/mol. The van der Waals surface area contributed by atoms with Crippen LogP contribution in [-0.4, -0.2) is 21.5 Å². The lowest BCUT2D eigenvalue weighted by atomic mass is 10.2. The molecule has 1 fully saturated rings. The fourth-order valence-electron chi connectivity index (χ4n) is 2.28. The Bertz CT molecular complexity index is 601. The van der Waals surface area contributed by atoms with Crippen molar-refractivity contribution >= 4 is 16.9 Å². The smallest absolute Gasteiger partial charge is 0.222 e. The zero-order valence-electron chi connectivity index (χ0n) is 10.8. The normalized spacial score (nSPS) is 14.8. The molecule has 100 valence electrons. The molecule has 5 nitrogen and oxygen atoms in total. The van der Waals surface area contributed by atoms with Crippen molar-refractivity contribution in [1.82, 2.24) is 14.9 Å². The number of pyridine rings is 1. The van der Waals surface area contributed by atoms with Gasteiger partial charge in [-0.25, -0.2) is 4.98 Å². The molecule has 2 aromatic heterocycles. The van der Waals surface area contributed by atoms with Gasteiger partial charge in [0.15, 0.2) is 0 Å². The van der Waals surface area contributed by atoms with Gasteiger partial charge in [0, 0.05) is 43.3 Å². The van der Waals surface area contributed by atoms with Gasteiger partial charge in [0.25, 0.3) is 0 Å². The lowest BCUT2D eigenvalue weighted by Gasteiger charge is -2.05. The Balaban J connectivity index is 1.74. The quantitative estimate of drug-likeness (QED) is 0.845. The summed E-state index contributed by atoms with van der Waals surface area (Å²) in [5, 5.41) is 4.07. The highest BCUT2D eigenvalue weighted by Gasteiger charge is 2.23. The van der Waals surface area contributed by atoms with Crippen molar-refractivity contribution in [2.24, 2.45) is 5.73 Å². The number of fused-ring (bicyclic) bond motifs is 1. The van der Waals surface area contributed by atoms with E-state index in [4.69, 9.17) is 5.73 Å². The SMILES string of the molecule is NCc1cn(CCC(=O)NC2CC2)c2ncccc12. The number of rotatable bonds is 5. The molecule has 1 aliphatic rings. The fraction of sp³-hybridized carbons (Fsp3) is 0.429. The van der Waals surface area contributed by atoms with Gasteiger partial charge in [0.05, 0.1) is 0 Å². The maximum atomic E-state index is 11.7. The number of aryl methyl sites for hydroxylation is 1. The minimum Gasteiger partial charge on any atom is -0.353 e. The first-order valence-electron chi connectivity index (χ1n) is 6.70. The van der Waals surface area contributed by atoms with Crippen molar-refractivity contribution in [1.29, 1.82) is 0 Å². The molecule has 3 N–H and O–H groups in total. The third-order valence-electron chi connectivity index (χ3n) is 3.46. The van der Waals surface area contributed by atoms with Crippen molar-refractivity contribution < 1.29 is 4.79 Å². The number of nitrogens with one attached hydrogen (secondary N) is 1. The molecule has 0 saturated heterocycles. The molecule has 0 unspecified atom stereocenters. The third kappa shape index (κ3) is 2.61. The van der Waals surface area contributed by atoms with Gasteiger partial charge in [0.2, 0.25) is 5.91 Å². The van der Waals surface area contributed by atoms with Crippen LogP contribution in [0.15, 0.2) is 24.5 Å². The number of amides is 1. The molecule has 3 rings (SSSR count). The maximum absolute atomic E-state index is 11.7. The second-order valence-corrected chi connectivity index (χ2v) is 5.02. The Hall–Kier alpha value is -1.88. The first-order valence-corrected chi connectivity index (χ1v) is 6.70. The number of carbonyl (C=O) groups is 1. The lowest BCUT2D eigenvalue weighted by molar-refractivity contribution is -0.121. The molecule has 1 amide bonds. The summed E-state index contributed by atoms with van der Waals surface area (Å²) in [5.41, 5.74) is 7.72. The first kappa shape index (κ1) is 12.2. The number of hydrogen-bond acceptors (Lipinski definition) is 3. The minimum atomic E-state index is 0.120. The predicted octanol–water partition coefficient (Wildman–Crippen LogP) is 1.16. The zero-order valence-corrected chi connectivity index (χ0v) is 10.8. The molecule has 0 bridgehead atoms. The summed E-state index contributed by atoms with van der Waals surface area (Å²) in [7, 11) is 0. The fourth-order valence-corrected chi connectivity index (χ4v) is 2.28. The maximum Gasteiger partial charge on any atom is 0.222 e. The summed E-state index contributed by atoms with van der Waals surface area (Å²) in [5.74, 6) is 0.120. The van der Waals surface area contributed by atoms with Crippen LogP contribution in [-0.2, 0) is 17.9 Å². The van der Waals surface area contributed by atoms with Gasteiger partial charge in [-0.2, -0.15) is 0 Å². The van der Waals surface area contributed by atoms with Crippen LogP contribution in [0, 0.1) is 0 Å². The van der Waals surface area contributed by atoms with E-state index in [1.165, 1.54) is 0 Å². The Kier molecular flexibility index (Phi) is 3.21. The second kappa shape index (κ2) is 5.01. The van der Waals surface area contributed by atoms with E-state index in [0.717, 1.165) is 29.4 Å². The first-order chi connectivity index (χ1) is 9.28. The average molecular weight is 258 g/mol. The Labute approximate surface area is 111 Å². The molecule has 0 aliphatic heterocycles. The third-order valence-corrected chi connectivity index (χ3v) is 3.46. The second-order valence-electron chi connectivity index (χ2n) is 5.02. The summed E-state index contributed by atoms with van der Waals surface area (Å²) in [6, 6.07) is 4.35. The molecular weight excluding hydrogens is 240 g/mol. The van der Waals surface area contributed by atoms with Gasteiger partial charge in [0.1, 0.15) is 5.65 Å². The molecule has 0 atom stereocenters. The van der Waals surface area contributed by atoms with Crippen LogP contribution >= 0.6 is 0 Å². The molecule has 5 heteroatoms. The van der Waals surface area contributed by atoms with Gasteiger partial charge in [-0.3, -0.25) is 4.79 Å². The Morgan fingerprint density at radius 1 is 1.53 bits per heavy atom. The van der Waals surface area contributed by atoms with Gasteiger partial charge >= 0.3 is 0 Å². The number of hydrogen-bond donors (Lipinski definition) is 2. The van der Waals surface area contributed by atoms with Crippen LogP contribution < -0.4 is 11.1 Å². The van der Waals surface area contributed by atoms with Crippen LogP contribution in [0.1, 0.15) is 24.8 Å². The minimum absolute atomic E-state index is 0.120. The van der Waals surface area contributed by atoms with Crippen molar-refractivity contribution in [3.05, 3.63) is 30.1 Å². The van der Waals surface area contributed by atoms with E-state index in [9.17, 15) is 4.79 Å². The van der Waals surface area contributed by atoms with Gasteiger partial charge in [-0.05, 0) is 30.5 Å². The molecule has 19 heavy (non-hydrogen) atoms. The van der Waals surface area contributed by atoms with E-state index in [-0.39, 0.29) is 5.91 Å². The summed E-state index contributed by atoms with van der Waals surface area (Å²) < 4.78 is 2.02. The van der Waals surface area contributed by atoms with Gasteiger partial charge < -0.3 is 15.6 Å². The van der Waals surface area contributed by atoms with Crippen molar-refractivity contribution in [3.63, 3.8) is 0 Å². The Morgan fingerprint density at radius 2 is 2.37 bits per heavy atom. The van der Waals surface area contributed by atoms with Crippen molar-refractivity contribution in [2.75, 3.05) is 0 Å². The van der Waals surface area contributed by atoms with E-state index in [2.05, 4.69) is 10.3 Å². The van der Waals surface area contributed by atoms with Crippen LogP contribution in [0.2, 0.25) is 0 Å². The lowest BCUT2D eigenvalue weighted by Crippen LogP contribution is -2.26. The number of nitrogens with zero attached hydrogens (tertiary/aromatic N) is 2. The topological polar surface area (TPSA) is 72.9 Å².